The first-order valence-corrected chi connectivity index (χ1v) is 9.75. The maximum atomic E-state index is 12.9. The van der Waals surface area contributed by atoms with Gasteiger partial charge in [-0.15, -0.1) is 11.3 Å². The van der Waals surface area contributed by atoms with Gasteiger partial charge in [0.2, 0.25) is 5.91 Å². The number of benzene rings is 2. The van der Waals surface area contributed by atoms with E-state index in [1.54, 1.807) is 37.3 Å². The van der Waals surface area contributed by atoms with Gasteiger partial charge in [-0.1, -0.05) is 24.3 Å². The van der Waals surface area contributed by atoms with E-state index in [0.29, 0.717) is 32.5 Å². The highest BCUT2D eigenvalue weighted by atomic mass is 32.1. The van der Waals surface area contributed by atoms with Crippen molar-refractivity contribution >= 4 is 33.8 Å². The Labute approximate surface area is 175 Å². The van der Waals surface area contributed by atoms with Crippen molar-refractivity contribution in [2.24, 2.45) is 0 Å². The van der Waals surface area contributed by atoms with E-state index in [0.717, 1.165) is 12.1 Å². The smallest absolute Gasteiger partial charge is 0.326 e. The van der Waals surface area contributed by atoms with Crippen LogP contribution in [0.3, 0.4) is 0 Å². The number of thiazole rings is 1. The van der Waals surface area contributed by atoms with Crippen molar-refractivity contribution in [2.45, 2.75) is 26.4 Å². The van der Waals surface area contributed by atoms with Crippen molar-refractivity contribution in [3.63, 3.8) is 0 Å². The Hall–Kier alpha value is -3.20. The summed E-state index contributed by atoms with van der Waals surface area (Å²) in [6, 6.07) is 11.6. The molecule has 2 N–H and O–H groups in total. The van der Waals surface area contributed by atoms with Gasteiger partial charge in [-0.25, -0.2) is 4.98 Å². The fourth-order valence-electron chi connectivity index (χ4n) is 2.79. The predicted molar refractivity (Wildman–Crippen MR) is 110 cm³/mol. The van der Waals surface area contributed by atoms with Gasteiger partial charge < -0.3 is 10.6 Å². The molecule has 0 aliphatic carbocycles. The Kier molecular flexibility index (Phi) is 6.21. The Balaban J connectivity index is 1.74. The Morgan fingerprint density at radius 3 is 2.50 bits per heavy atom. The first-order chi connectivity index (χ1) is 14.1. The summed E-state index contributed by atoms with van der Waals surface area (Å²) in [5.74, 6) is -0.621. The SMILES string of the molecule is CC(=O)Nc1cccc(C(=O)Nc2sc(Cc3cccc(C(F)(F)F)c3)nc2C)c1. The lowest BCUT2D eigenvalue weighted by Crippen LogP contribution is -2.13. The van der Waals surface area contributed by atoms with Crippen LogP contribution in [0.25, 0.3) is 0 Å². The quantitative estimate of drug-likeness (QED) is 0.576. The second-order valence-corrected chi connectivity index (χ2v) is 7.70. The number of aryl methyl sites for hydroxylation is 1. The van der Waals surface area contributed by atoms with Crippen LogP contribution in [0.4, 0.5) is 23.9 Å². The summed E-state index contributed by atoms with van der Waals surface area (Å²) in [7, 11) is 0. The predicted octanol–water partition coefficient (Wildman–Crippen LogP) is 5.27. The zero-order chi connectivity index (χ0) is 21.9. The van der Waals surface area contributed by atoms with Gasteiger partial charge in [-0.2, -0.15) is 13.2 Å². The maximum Gasteiger partial charge on any atom is 0.416 e. The summed E-state index contributed by atoms with van der Waals surface area (Å²) >= 11 is 1.21. The van der Waals surface area contributed by atoms with Gasteiger partial charge in [0.05, 0.1) is 16.3 Å². The molecular weight excluding hydrogens is 415 g/mol. The van der Waals surface area contributed by atoms with E-state index in [-0.39, 0.29) is 18.2 Å². The van der Waals surface area contributed by atoms with E-state index in [1.807, 2.05) is 0 Å². The van der Waals surface area contributed by atoms with E-state index in [9.17, 15) is 22.8 Å². The fraction of sp³-hybridized carbons (Fsp3) is 0.190. The zero-order valence-corrected chi connectivity index (χ0v) is 16.9. The minimum absolute atomic E-state index is 0.226. The third kappa shape index (κ3) is 5.44. The molecule has 0 aliphatic rings. The molecule has 1 aromatic heterocycles. The molecule has 9 heteroatoms. The van der Waals surface area contributed by atoms with Crippen molar-refractivity contribution in [1.82, 2.24) is 4.98 Å². The first kappa shape index (κ1) is 21.5. The molecule has 1 heterocycles. The number of nitrogens with zero attached hydrogens (tertiary/aromatic N) is 1. The molecule has 30 heavy (non-hydrogen) atoms. The maximum absolute atomic E-state index is 12.9. The third-order valence-electron chi connectivity index (χ3n) is 4.12. The molecular formula is C21H18F3N3O2S. The molecule has 3 rings (SSSR count). The highest BCUT2D eigenvalue weighted by molar-refractivity contribution is 7.16. The Bertz CT molecular complexity index is 1090. The zero-order valence-electron chi connectivity index (χ0n) is 16.1. The topological polar surface area (TPSA) is 71.1 Å². The van der Waals surface area contributed by atoms with E-state index < -0.39 is 11.7 Å². The minimum Gasteiger partial charge on any atom is -0.326 e. The molecule has 0 unspecified atom stereocenters. The van der Waals surface area contributed by atoms with Crippen LogP contribution in [-0.2, 0) is 17.4 Å². The van der Waals surface area contributed by atoms with Crippen LogP contribution in [0.5, 0.6) is 0 Å². The van der Waals surface area contributed by atoms with Crippen LogP contribution in [0, 0.1) is 6.92 Å². The van der Waals surface area contributed by atoms with Crippen LogP contribution >= 0.6 is 11.3 Å². The number of aromatic nitrogens is 1. The number of alkyl halides is 3. The second kappa shape index (κ2) is 8.66. The van der Waals surface area contributed by atoms with Crippen LogP contribution < -0.4 is 10.6 Å². The molecule has 2 amide bonds. The Morgan fingerprint density at radius 2 is 1.80 bits per heavy atom. The highest BCUT2D eigenvalue weighted by Crippen LogP contribution is 2.31. The highest BCUT2D eigenvalue weighted by Gasteiger charge is 2.30. The molecule has 3 aromatic rings. The molecule has 156 valence electrons. The van der Waals surface area contributed by atoms with Crippen molar-refractivity contribution in [3.05, 3.63) is 75.9 Å². The lowest BCUT2D eigenvalue weighted by atomic mass is 10.1. The van der Waals surface area contributed by atoms with Gasteiger partial charge in [-0.3, -0.25) is 9.59 Å². The number of nitrogens with one attached hydrogen (secondary N) is 2. The average Bonchev–Trinajstić information content (AvgIpc) is 2.99. The summed E-state index contributed by atoms with van der Waals surface area (Å²) in [5.41, 5.74) is 1.21. The molecule has 0 saturated heterocycles. The minimum atomic E-state index is -4.40. The number of carbonyl (C=O) groups is 2. The molecule has 0 bridgehead atoms. The van der Waals surface area contributed by atoms with Crippen LogP contribution in [0.2, 0.25) is 0 Å². The summed E-state index contributed by atoms with van der Waals surface area (Å²) < 4.78 is 38.7. The molecule has 0 atom stereocenters. The largest absolute Gasteiger partial charge is 0.416 e. The van der Waals surface area contributed by atoms with Gasteiger partial charge in [0.15, 0.2) is 0 Å². The molecule has 0 aliphatic heterocycles. The van der Waals surface area contributed by atoms with Gasteiger partial charge >= 0.3 is 6.18 Å². The monoisotopic (exact) mass is 433 g/mol. The fourth-order valence-corrected chi connectivity index (χ4v) is 3.79. The number of amides is 2. The lowest BCUT2D eigenvalue weighted by Gasteiger charge is -2.07. The van der Waals surface area contributed by atoms with Crippen LogP contribution in [-0.4, -0.2) is 16.8 Å². The number of anilines is 2. The van der Waals surface area contributed by atoms with Crippen molar-refractivity contribution in [1.29, 1.82) is 0 Å². The van der Waals surface area contributed by atoms with Crippen LogP contribution in [0.15, 0.2) is 48.5 Å². The van der Waals surface area contributed by atoms with Gasteiger partial charge in [0.25, 0.3) is 5.91 Å². The van der Waals surface area contributed by atoms with Crippen molar-refractivity contribution < 1.29 is 22.8 Å². The van der Waals surface area contributed by atoms with E-state index in [2.05, 4.69) is 15.6 Å². The van der Waals surface area contributed by atoms with Crippen LogP contribution in [0.1, 0.15) is 39.1 Å². The van der Waals surface area contributed by atoms with Gasteiger partial charge in [-0.05, 0) is 36.8 Å². The number of carbonyl (C=O) groups excluding carboxylic acids is 2. The molecule has 0 fully saturated rings. The number of halogens is 3. The number of rotatable bonds is 5. The number of hydrogen-bond acceptors (Lipinski definition) is 4. The first-order valence-electron chi connectivity index (χ1n) is 8.93. The molecule has 0 saturated carbocycles. The molecule has 5 nitrogen and oxygen atoms in total. The molecule has 0 radical (unpaired) electrons. The summed E-state index contributed by atoms with van der Waals surface area (Å²) in [4.78, 5) is 28.1. The van der Waals surface area contributed by atoms with E-state index >= 15 is 0 Å². The summed E-state index contributed by atoms with van der Waals surface area (Å²) in [5, 5.41) is 6.50. The van der Waals surface area contributed by atoms with Gasteiger partial charge in [0.1, 0.15) is 5.00 Å². The van der Waals surface area contributed by atoms with E-state index in [1.165, 1.54) is 24.3 Å². The molecule has 2 aromatic carbocycles. The van der Waals surface area contributed by atoms with Gasteiger partial charge in [0, 0.05) is 24.6 Å². The average molecular weight is 433 g/mol. The standard InChI is InChI=1S/C21H18F3N3O2S/c1-12-20(27-19(29)15-6-4-8-17(11-15)26-13(2)28)30-18(25-12)10-14-5-3-7-16(9-14)21(22,23)24/h3-9,11H,10H2,1-2H3,(H,26,28)(H,27,29). The summed E-state index contributed by atoms with van der Waals surface area (Å²) in [6.45, 7) is 3.09. The van der Waals surface area contributed by atoms with Crippen molar-refractivity contribution in [3.8, 4) is 0 Å². The van der Waals surface area contributed by atoms with Crippen molar-refractivity contribution in [2.75, 3.05) is 10.6 Å². The third-order valence-corrected chi connectivity index (χ3v) is 5.20. The normalized spacial score (nSPS) is 11.2. The second-order valence-electron chi connectivity index (χ2n) is 6.61. The Morgan fingerprint density at radius 1 is 1.07 bits per heavy atom. The number of hydrogen-bond donors (Lipinski definition) is 2. The molecule has 0 spiro atoms. The lowest BCUT2D eigenvalue weighted by molar-refractivity contribution is -0.137. The van der Waals surface area contributed by atoms with E-state index in [4.69, 9.17) is 0 Å². The summed E-state index contributed by atoms with van der Waals surface area (Å²) in [6.07, 6.45) is -4.18.